The second kappa shape index (κ2) is 7.62. The number of hydrogen-bond acceptors (Lipinski definition) is 3. The summed E-state index contributed by atoms with van der Waals surface area (Å²) >= 11 is 0. The standard InChI is InChI=1S/C19H22F2N2O4/c1-22(10-16(24)23-7-5-11(6-8-23)19(26)27)18(25)13-9-12(13)17-14(20)3-2-4-15(17)21/h2-4,11-13H,5-10H2,1H3,(H,26,27). The van der Waals surface area contributed by atoms with E-state index in [9.17, 15) is 23.2 Å². The first kappa shape index (κ1) is 19.3. The number of benzene rings is 1. The molecule has 2 unspecified atom stereocenters. The van der Waals surface area contributed by atoms with Crippen LogP contribution in [0.3, 0.4) is 0 Å². The Morgan fingerprint density at radius 1 is 1.19 bits per heavy atom. The number of carbonyl (C=O) groups excluding carboxylic acids is 2. The molecule has 0 aromatic heterocycles. The van der Waals surface area contributed by atoms with Gasteiger partial charge in [0.2, 0.25) is 11.8 Å². The highest BCUT2D eigenvalue weighted by molar-refractivity contribution is 5.88. The van der Waals surface area contributed by atoms with Gasteiger partial charge in [-0.25, -0.2) is 8.78 Å². The van der Waals surface area contributed by atoms with E-state index in [1.54, 1.807) is 4.90 Å². The average Bonchev–Trinajstić information content (AvgIpc) is 3.41. The van der Waals surface area contributed by atoms with Crippen molar-refractivity contribution in [2.24, 2.45) is 11.8 Å². The van der Waals surface area contributed by atoms with Crippen LogP contribution in [-0.2, 0) is 14.4 Å². The quantitative estimate of drug-likeness (QED) is 0.846. The third kappa shape index (κ3) is 4.09. The van der Waals surface area contributed by atoms with E-state index in [2.05, 4.69) is 0 Å². The average molecular weight is 380 g/mol. The number of rotatable bonds is 5. The largest absolute Gasteiger partial charge is 0.481 e. The smallest absolute Gasteiger partial charge is 0.306 e. The molecule has 2 fully saturated rings. The van der Waals surface area contributed by atoms with E-state index in [1.807, 2.05) is 0 Å². The number of nitrogens with zero attached hydrogens (tertiary/aromatic N) is 2. The maximum Gasteiger partial charge on any atom is 0.306 e. The van der Waals surface area contributed by atoms with Gasteiger partial charge in [0.05, 0.1) is 12.5 Å². The summed E-state index contributed by atoms with van der Waals surface area (Å²) in [6, 6.07) is 3.63. The summed E-state index contributed by atoms with van der Waals surface area (Å²) in [5.74, 6) is -4.17. The van der Waals surface area contributed by atoms with Gasteiger partial charge in [0, 0.05) is 37.5 Å². The molecule has 6 nitrogen and oxygen atoms in total. The number of aliphatic carboxylic acids is 1. The molecule has 1 heterocycles. The van der Waals surface area contributed by atoms with Crippen LogP contribution in [0.25, 0.3) is 0 Å². The van der Waals surface area contributed by atoms with Gasteiger partial charge in [0.25, 0.3) is 0 Å². The van der Waals surface area contributed by atoms with Crippen LogP contribution in [-0.4, -0.2) is 59.4 Å². The molecule has 0 bridgehead atoms. The van der Waals surface area contributed by atoms with Crippen LogP contribution in [0, 0.1) is 23.5 Å². The number of likely N-dealkylation sites (tertiary alicyclic amines) is 1. The number of carboxylic acid groups (broad SMARTS) is 1. The van der Waals surface area contributed by atoms with Crippen LogP contribution >= 0.6 is 0 Å². The predicted octanol–water partition coefficient (Wildman–Crippen LogP) is 1.85. The molecule has 146 valence electrons. The van der Waals surface area contributed by atoms with E-state index in [1.165, 1.54) is 30.1 Å². The van der Waals surface area contributed by atoms with Gasteiger partial charge in [-0.05, 0) is 31.4 Å². The van der Waals surface area contributed by atoms with Crippen LogP contribution in [0.1, 0.15) is 30.7 Å². The SMILES string of the molecule is CN(CC(=O)N1CCC(C(=O)O)CC1)C(=O)C1CC1c1c(F)cccc1F. The van der Waals surface area contributed by atoms with Crippen LogP contribution < -0.4 is 0 Å². The fraction of sp³-hybridized carbons (Fsp3) is 0.526. The van der Waals surface area contributed by atoms with Crippen molar-refractivity contribution in [1.82, 2.24) is 9.80 Å². The van der Waals surface area contributed by atoms with Crippen molar-refractivity contribution in [2.45, 2.75) is 25.2 Å². The normalized spacial score (nSPS) is 22.4. The Kier molecular flexibility index (Phi) is 5.43. The first-order valence-electron chi connectivity index (χ1n) is 8.99. The molecule has 8 heteroatoms. The molecular formula is C19H22F2N2O4. The molecule has 0 spiro atoms. The summed E-state index contributed by atoms with van der Waals surface area (Å²) in [5, 5.41) is 9.00. The molecule has 1 aliphatic carbocycles. The number of piperidine rings is 1. The second-order valence-electron chi connectivity index (χ2n) is 7.27. The van der Waals surface area contributed by atoms with E-state index in [4.69, 9.17) is 5.11 Å². The van der Waals surface area contributed by atoms with Gasteiger partial charge in [-0.1, -0.05) is 6.07 Å². The molecule has 1 aromatic rings. The summed E-state index contributed by atoms with van der Waals surface area (Å²) in [5.41, 5.74) is -0.0636. The first-order valence-corrected chi connectivity index (χ1v) is 8.99. The molecule has 0 radical (unpaired) electrons. The van der Waals surface area contributed by atoms with Crippen LogP contribution in [0.4, 0.5) is 8.78 Å². The van der Waals surface area contributed by atoms with E-state index in [0.717, 1.165) is 0 Å². The minimum atomic E-state index is -0.852. The monoisotopic (exact) mass is 380 g/mol. The molecule has 3 rings (SSSR count). The summed E-state index contributed by atoms with van der Waals surface area (Å²) in [6.07, 6.45) is 1.16. The molecule has 1 aliphatic heterocycles. The predicted molar refractivity (Wildman–Crippen MR) is 91.8 cm³/mol. The van der Waals surface area contributed by atoms with Crippen molar-refractivity contribution in [2.75, 3.05) is 26.7 Å². The summed E-state index contributed by atoms with van der Waals surface area (Å²) in [7, 11) is 1.50. The van der Waals surface area contributed by atoms with E-state index < -0.39 is 35.4 Å². The van der Waals surface area contributed by atoms with Crippen molar-refractivity contribution in [3.8, 4) is 0 Å². The van der Waals surface area contributed by atoms with E-state index in [0.29, 0.717) is 32.4 Å². The van der Waals surface area contributed by atoms with Gasteiger partial charge in [-0.3, -0.25) is 14.4 Å². The Hall–Kier alpha value is -2.51. The molecule has 1 aromatic carbocycles. The van der Waals surface area contributed by atoms with Crippen molar-refractivity contribution in [3.05, 3.63) is 35.4 Å². The number of amides is 2. The summed E-state index contributed by atoms with van der Waals surface area (Å²) in [6.45, 7) is 0.578. The van der Waals surface area contributed by atoms with Crippen LogP contribution in [0.15, 0.2) is 18.2 Å². The van der Waals surface area contributed by atoms with Gasteiger partial charge in [0.15, 0.2) is 0 Å². The molecule has 27 heavy (non-hydrogen) atoms. The number of carboxylic acids is 1. The van der Waals surface area contributed by atoms with Crippen LogP contribution in [0.2, 0.25) is 0 Å². The number of hydrogen-bond donors (Lipinski definition) is 1. The van der Waals surface area contributed by atoms with Crippen molar-refractivity contribution in [1.29, 1.82) is 0 Å². The molecule has 2 atom stereocenters. The topological polar surface area (TPSA) is 77.9 Å². The Bertz CT molecular complexity index is 742. The number of halogens is 2. The van der Waals surface area contributed by atoms with Gasteiger partial charge in [0.1, 0.15) is 11.6 Å². The lowest BCUT2D eigenvalue weighted by atomic mass is 9.97. The molecule has 1 N–H and O–H groups in total. The minimum Gasteiger partial charge on any atom is -0.481 e. The molecule has 1 saturated carbocycles. The summed E-state index contributed by atoms with van der Waals surface area (Å²) in [4.78, 5) is 38.7. The minimum absolute atomic E-state index is 0.0636. The zero-order chi connectivity index (χ0) is 19.7. The Morgan fingerprint density at radius 3 is 2.33 bits per heavy atom. The number of carbonyl (C=O) groups is 3. The lowest BCUT2D eigenvalue weighted by molar-refractivity contribution is -0.146. The molecule has 2 aliphatic rings. The lowest BCUT2D eigenvalue weighted by Gasteiger charge is -2.31. The highest BCUT2D eigenvalue weighted by Crippen LogP contribution is 2.49. The molecular weight excluding hydrogens is 358 g/mol. The van der Waals surface area contributed by atoms with Gasteiger partial charge in [-0.2, -0.15) is 0 Å². The third-order valence-corrected chi connectivity index (χ3v) is 5.42. The summed E-state index contributed by atoms with van der Waals surface area (Å²) < 4.78 is 27.7. The maximum atomic E-state index is 13.9. The number of likely N-dealkylation sites (N-methyl/N-ethyl adjacent to an activating group) is 1. The van der Waals surface area contributed by atoms with Gasteiger partial charge < -0.3 is 14.9 Å². The van der Waals surface area contributed by atoms with Gasteiger partial charge in [-0.15, -0.1) is 0 Å². The first-order chi connectivity index (χ1) is 12.8. The third-order valence-electron chi connectivity index (χ3n) is 5.42. The zero-order valence-electron chi connectivity index (χ0n) is 15.0. The Morgan fingerprint density at radius 2 is 1.78 bits per heavy atom. The van der Waals surface area contributed by atoms with E-state index >= 15 is 0 Å². The van der Waals surface area contributed by atoms with Crippen LogP contribution in [0.5, 0.6) is 0 Å². The molecule has 2 amide bonds. The molecule has 1 saturated heterocycles. The lowest BCUT2D eigenvalue weighted by Crippen LogP contribution is -2.45. The maximum absolute atomic E-state index is 13.9. The highest BCUT2D eigenvalue weighted by atomic mass is 19.1. The van der Waals surface area contributed by atoms with Crippen molar-refractivity contribution >= 4 is 17.8 Å². The van der Waals surface area contributed by atoms with Gasteiger partial charge >= 0.3 is 5.97 Å². The Balaban J connectivity index is 1.53. The Labute approximate surface area is 155 Å². The van der Waals surface area contributed by atoms with Crippen molar-refractivity contribution < 1.29 is 28.3 Å². The van der Waals surface area contributed by atoms with Crippen molar-refractivity contribution in [3.63, 3.8) is 0 Å². The fourth-order valence-electron chi connectivity index (χ4n) is 3.69. The fourth-order valence-corrected chi connectivity index (χ4v) is 3.69. The second-order valence-corrected chi connectivity index (χ2v) is 7.27. The van der Waals surface area contributed by atoms with E-state index in [-0.39, 0.29) is 23.9 Å². The highest BCUT2D eigenvalue weighted by Gasteiger charge is 2.48. The zero-order valence-corrected chi connectivity index (χ0v) is 15.0.